The fourth-order valence-electron chi connectivity index (χ4n) is 3.50. The molecular weight excluding hydrogens is 266 g/mol. The first-order valence-electron chi connectivity index (χ1n) is 7.73. The van der Waals surface area contributed by atoms with E-state index in [2.05, 4.69) is 0 Å². The van der Waals surface area contributed by atoms with Crippen molar-refractivity contribution in [2.75, 3.05) is 11.4 Å². The highest BCUT2D eigenvalue weighted by atomic mass is 16.4. The van der Waals surface area contributed by atoms with Gasteiger partial charge in [0.05, 0.1) is 0 Å². The minimum atomic E-state index is -0.808. The van der Waals surface area contributed by atoms with E-state index < -0.39 is 5.97 Å². The van der Waals surface area contributed by atoms with Gasteiger partial charge in [0.1, 0.15) is 0 Å². The number of carbonyl (C=O) groups is 2. The SMILES string of the molecule is O=C(O)CCCN(C(=O)C1CC2CC2C1)c1ccccc1. The van der Waals surface area contributed by atoms with Crippen LogP contribution in [0.4, 0.5) is 5.69 Å². The lowest BCUT2D eigenvalue weighted by atomic mass is 10.0. The van der Waals surface area contributed by atoms with Crippen LogP contribution in [0.25, 0.3) is 0 Å². The molecule has 0 aromatic heterocycles. The maximum absolute atomic E-state index is 12.8. The Labute approximate surface area is 124 Å². The topological polar surface area (TPSA) is 57.6 Å². The number of aliphatic carboxylic acids is 1. The second-order valence-electron chi connectivity index (χ2n) is 6.25. The van der Waals surface area contributed by atoms with Crippen molar-refractivity contribution in [1.29, 1.82) is 0 Å². The second kappa shape index (κ2) is 5.88. The number of rotatable bonds is 6. The van der Waals surface area contributed by atoms with Gasteiger partial charge in [-0.15, -0.1) is 0 Å². The summed E-state index contributed by atoms with van der Waals surface area (Å²) in [6.07, 6.45) is 3.94. The highest BCUT2D eigenvalue weighted by Gasteiger charge is 2.48. The highest BCUT2D eigenvalue weighted by molar-refractivity contribution is 5.95. The maximum Gasteiger partial charge on any atom is 0.303 e. The van der Waals surface area contributed by atoms with Gasteiger partial charge in [0, 0.05) is 24.6 Å². The first-order valence-corrected chi connectivity index (χ1v) is 7.73. The van der Waals surface area contributed by atoms with Crippen LogP contribution in [-0.4, -0.2) is 23.5 Å². The van der Waals surface area contributed by atoms with Crippen molar-refractivity contribution in [3.8, 4) is 0 Å². The van der Waals surface area contributed by atoms with Gasteiger partial charge in [0.2, 0.25) is 5.91 Å². The lowest BCUT2D eigenvalue weighted by Crippen LogP contribution is -2.36. The number of benzene rings is 1. The summed E-state index contributed by atoms with van der Waals surface area (Å²) in [6, 6.07) is 9.61. The summed E-state index contributed by atoms with van der Waals surface area (Å²) in [5.74, 6) is 1.06. The second-order valence-corrected chi connectivity index (χ2v) is 6.25. The lowest BCUT2D eigenvalue weighted by molar-refractivity contribution is -0.137. The number of fused-ring (bicyclic) bond motifs is 1. The molecule has 2 fully saturated rings. The first-order chi connectivity index (χ1) is 10.1. The molecule has 112 valence electrons. The molecule has 0 spiro atoms. The fraction of sp³-hybridized carbons (Fsp3) is 0.529. The van der Waals surface area contributed by atoms with Crippen LogP contribution in [-0.2, 0) is 9.59 Å². The molecular formula is C17H21NO3. The summed E-state index contributed by atoms with van der Waals surface area (Å²) in [4.78, 5) is 25.2. The summed E-state index contributed by atoms with van der Waals surface area (Å²) >= 11 is 0. The Balaban J connectivity index is 1.68. The molecule has 1 aromatic carbocycles. The molecule has 2 atom stereocenters. The van der Waals surface area contributed by atoms with Gasteiger partial charge < -0.3 is 10.0 Å². The largest absolute Gasteiger partial charge is 0.481 e. The van der Waals surface area contributed by atoms with E-state index in [0.29, 0.717) is 13.0 Å². The molecule has 2 aliphatic carbocycles. The molecule has 0 bridgehead atoms. The molecule has 2 saturated carbocycles. The van der Waals surface area contributed by atoms with Gasteiger partial charge in [0.15, 0.2) is 0 Å². The minimum Gasteiger partial charge on any atom is -0.481 e. The summed E-state index contributed by atoms with van der Waals surface area (Å²) in [7, 11) is 0. The molecule has 3 rings (SSSR count). The Bertz CT molecular complexity index is 518. The normalized spacial score (nSPS) is 26.2. The highest BCUT2D eigenvalue weighted by Crippen LogP contribution is 2.54. The molecule has 2 unspecified atom stereocenters. The molecule has 1 amide bonds. The van der Waals surface area contributed by atoms with Crippen LogP contribution >= 0.6 is 0 Å². The first kappa shape index (κ1) is 14.1. The van der Waals surface area contributed by atoms with Crippen LogP contribution in [0, 0.1) is 17.8 Å². The molecule has 1 aromatic rings. The fourth-order valence-corrected chi connectivity index (χ4v) is 3.50. The van der Waals surface area contributed by atoms with Crippen molar-refractivity contribution in [2.24, 2.45) is 17.8 Å². The number of anilines is 1. The van der Waals surface area contributed by atoms with E-state index in [1.165, 1.54) is 6.42 Å². The number of carboxylic acids is 1. The maximum atomic E-state index is 12.8. The van der Waals surface area contributed by atoms with Crippen molar-refractivity contribution in [3.05, 3.63) is 30.3 Å². The Hall–Kier alpha value is -1.84. The molecule has 4 heteroatoms. The standard InChI is InChI=1S/C17H21NO3/c19-16(20)7-4-8-18(15-5-2-1-3-6-15)17(21)14-10-12-9-13(12)11-14/h1-3,5-6,12-14H,4,7-11H2,(H,19,20). The molecule has 1 N–H and O–H groups in total. The van der Waals surface area contributed by atoms with Gasteiger partial charge in [-0.1, -0.05) is 18.2 Å². The zero-order chi connectivity index (χ0) is 14.8. The quantitative estimate of drug-likeness (QED) is 0.875. The van der Waals surface area contributed by atoms with Crippen LogP contribution in [0.1, 0.15) is 32.1 Å². The molecule has 21 heavy (non-hydrogen) atoms. The van der Waals surface area contributed by atoms with E-state index in [-0.39, 0.29) is 18.2 Å². The van der Waals surface area contributed by atoms with Crippen LogP contribution in [0.15, 0.2) is 30.3 Å². The number of amides is 1. The minimum absolute atomic E-state index is 0.104. The number of carboxylic acid groups (broad SMARTS) is 1. The molecule has 4 nitrogen and oxygen atoms in total. The third kappa shape index (κ3) is 3.26. The third-order valence-corrected chi connectivity index (χ3v) is 4.70. The molecule has 2 aliphatic rings. The summed E-state index contributed by atoms with van der Waals surface area (Å²) < 4.78 is 0. The van der Waals surface area contributed by atoms with Gasteiger partial charge in [-0.3, -0.25) is 9.59 Å². The molecule has 0 aliphatic heterocycles. The number of hydrogen-bond donors (Lipinski definition) is 1. The summed E-state index contributed by atoms with van der Waals surface area (Å²) in [5, 5.41) is 8.78. The number of hydrogen-bond acceptors (Lipinski definition) is 2. The Kier molecular flexibility index (Phi) is 3.95. The predicted octanol–water partition coefficient (Wildman–Crippen LogP) is 2.93. The average Bonchev–Trinajstić information content (AvgIpc) is 3.10. The summed E-state index contributed by atoms with van der Waals surface area (Å²) in [6.45, 7) is 0.487. The van der Waals surface area contributed by atoms with Gasteiger partial charge in [-0.25, -0.2) is 0 Å². The number of para-hydroxylation sites is 1. The third-order valence-electron chi connectivity index (χ3n) is 4.70. The predicted molar refractivity (Wildman–Crippen MR) is 80.0 cm³/mol. The monoisotopic (exact) mass is 287 g/mol. The van der Waals surface area contributed by atoms with Crippen molar-refractivity contribution in [1.82, 2.24) is 0 Å². The summed E-state index contributed by atoms with van der Waals surface area (Å²) in [5.41, 5.74) is 0.883. The van der Waals surface area contributed by atoms with Crippen molar-refractivity contribution in [2.45, 2.75) is 32.1 Å². The Morgan fingerprint density at radius 3 is 2.38 bits per heavy atom. The average molecular weight is 287 g/mol. The van der Waals surface area contributed by atoms with E-state index in [1.807, 2.05) is 30.3 Å². The van der Waals surface area contributed by atoms with Crippen molar-refractivity contribution in [3.63, 3.8) is 0 Å². The van der Waals surface area contributed by atoms with Gasteiger partial charge >= 0.3 is 5.97 Å². The Morgan fingerprint density at radius 2 is 1.76 bits per heavy atom. The molecule has 0 radical (unpaired) electrons. The zero-order valence-corrected chi connectivity index (χ0v) is 12.1. The zero-order valence-electron chi connectivity index (χ0n) is 12.1. The van der Waals surface area contributed by atoms with Crippen LogP contribution in [0.5, 0.6) is 0 Å². The number of nitrogens with zero attached hydrogens (tertiary/aromatic N) is 1. The van der Waals surface area contributed by atoms with Crippen molar-refractivity contribution < 1.29 is 14.7 Å². The van der Waals surface area contributed by atoms with E-state index in [0.717, 1.165) is 30.4 Å². The Morgan fingerprint density at radius 1 is 1.10 bits per heavy atom. The van der Waals surface area contributed by atoms with Gasteiger partial charge in [-0.2, -0.15) is 0 Å². The lowest BCUT2D eigenvalue weighted by Gasteiger charge is -2.26. The van der Waals surface area contributed by atoms with E-state index in [9.17, 15) is 9.59 Å². The van der Waals surface area contributed by atoms with E-state index in [1.54, 1.807) is 4.90 Å². The van der Waals surface area contributed by atoms with Gasteiger partial charge in [0.25, 0.3) is 0 Å². The van der Waals surface area contributed by atoms with Crippen LogP contribution in [0.3, 0.4) is 0 Å². The molecule has 0 heterocycles. The van der Waals surface area contributed by atoms with Gasteiger partial charge in [-0.05, 0) is 49.7 Å². The molecule has 0 saturated heterocycles. The number of carbonyl (C=O) groups excluding carboxylic acids is 1. The van der Waals surface area contributed by atoms with E-state index >= 15 is 0 Å². The van der Waals surface area contributed by atoms with Crippen molar-refractivity contribution >= 4 is 17.6 Å². The van der Waals surface area contributed by atoms with Crippen LogP contribution in [0.2, 0.25) is 0 Å². The smallest absolute Gasteiger partial charge is 0.303 e. The van der Waals surface area contributed by atoms with E-state index in [4.69, 9.17) is 5.11 Å². The van der Waals surface area contributed by atoms with Crippen LogP contribution < -0.4 is 4.90 Å².